The van der Waals surface area contributed by atoms with Gasteiger partial charge in [0.1, 0.15) is 0 Å². The van der Waals surface area contributed by atoms with Crippen molar-refractivity contribution in [2.75, 3.05) is 51.0 Å². The molecule has 0 aromatic heterocycles. The number of hydrogen-bond acceptors (Lipinski definition) is 7. The average molecular weight is 486 g/mol. The fraction of sp³-hybridized carbons (Fsp3) is 0.480. The number of hydrogen-bond donors (Lipinski definition) is 0. The lowest BCUT2D eigenvalue weighted by Crippen LogP contribution is -2.51. The molecule has 9 heteroatoms. The summed E-state index contributed by atoms with van der Waals surface area (Å²) in [5, 5.41) is 0. The van der Waals surface area contributed by atoms with Crippen LogP contribution in [0.25, 0.3) is 0 Å². The first-order chi connectivity index (χ1) is 16.4. The Balaban J connectivity index is 1.17. The number of carbonyl (C=O) groups is 1. The van der Waals surface area contributed by atoms with Gasteiger partial charge in [-0.15, -0.1) is 0 Å². The van der Waals surface area contributed by atoms with E-state index in [4.69, 9.17) is 9.47 Å². The minimum absolute atomic E-state index is 0.00942. The van der Waals surface area contributed by atoms with Crippen molar-refractivity contribution in [3.63, 3.8) is 0 Å². The highest BCUT2D eigenvalue weighted by Crippen LogP contribution is 2.32. The van der Waals surface area contributed by atoms with E-state index in [1.165, 1.54) is 5.56 Å². The van der Waals surface area contributed by atoms with Crippen LogP contribution in [0.1, 0.15) is 17.5 Å². The Bertz CT molecular complexity index is 1120. The maximum absolute atomic E-state index is 13.3. The van der Waals surface area contributed by atoms with Crippen molar-refractivity contribution in [1.29, 1.82) is 0 Å². The normalized spacial score (nSPS) is 22.1. The van der Waals surface area contributed by atoms with E-state index in [0.29, 0.717) is 19.5 Å². The Morgan fingerprint density at radius 3 is 2.41 bits per heavy atom. The lowest BCUT2D eigenvalue weighted by Gasteiger charge is -2.36. The van der Waals surface area contributed by atoms with E-state index in [-0.39, 0.29) is 30.2 Å². The molecule has 3 aliphatic heterocycles. The molecule has 5 rings (SSSR count). The maximum Gasteiger partial charge on any atom is 0.237 e. The molecule has 0 N–H and O–H groups in total. The molecule has 0 unspecified atom stereocenters. The molecule has 0 bridgehead atoms. The molecule has 0 aliphatic carbocycles. The first-order valence-electron chi connectivity index (χ1n) is 11.8. The number of sulfone groups is 1. The van der Waals surface area contributed by atoms with Crippen molar-refractivity contribution in [1.82, 2.24) is 14.7 Å². The smallest absolute Gasteiger partial charge is 0.237 e. The number of nitrogens with zero attached hydrogens (tertiary/aromatic N) is 3. The molecule has 1 atom stereocenters. The summed E-state index contributed by atoms with van der Waals surface area (Å²) in [7, 11) is -3.07. The van der Waals surface area contributed by atoms with Crippen LogP contribution in [0, 0.1) is 0 Å². The molecule has 0 radical (unpaired) electrons. The number of ether oxygens (including phenoxy) is 2. The van der Waals surface area contributed by atoms with Crippen LogP contribution in [-0.4, -0.2) is 86.1 Å². The van der Waals surface area contributed by atoms with E-state index in [9.17, 15) is 13.2 Å². The third-order valence-electron chi connectivity index (χ3n) is 6.83. The van der Waals surface area contributed by atoms with Crippen molar-refractivity contribution in [3.05, 3.63) is 59.7 Å². The van der Waals surface area contributed by atoms with Crippen LogP contribution in [0.3, 0.4) is 0 Å². The highest BCUT2D eigenvalue weighted by atomic mass is 32.2. The van der Waals surface area contributed by atoms with Gasteiger partial charge in [-0.2, -0.15) is 0 Å². The lowest BCUT2D eigenvalue weighted by molar-refractivity contribution is -0.135. The van der Waals surface area contributed by atoms with Crippen molar-refractivity contribution in [2.45, 2.75) is 25.6 Å². The Hall–Kier alpha value is -2.62. The molecule has 2 saturated heterocycles. The van der Waals surface area contributed by atoms with E-state index >= 15 is 0 Å². The predicted octanol–water partition coefficient (Wildman–Crippen LogP) is 1.75. The van der Waals surface area contributed by atoms with Crippen LogP contribution < -0.4 is 9.47 Å². The van der Waals surface area contributed by atoms with Crippen LogP contribution in [-0.2, 0) is 27.7 Å². The molecule has 3 aliphatic rings. The number of rotatable bonds is 7. The van der Waals surface area contributed by atoms with E-state index < -0.39 is 9.84 Å². The van der Waals surface area contributed by atoms with Crippen LogP contribution >= 0.6 is 0 Å². The van der Waals surface area contributed by atoms with Gasteiger partial charge in [-0.3, -0.25) is 14.6 Å². The predicted molar refractivity (Wildman–Crippen MR) is 128 cm³/mol. The molecule has 3 heterocycles. The number of fused-ring (bicyclic) bond motifs is 1. The minimum Gasteiger partial charge on any atom is -0.454 e. The van der Waals surface area contributed by atoms with E-state index in [2.05, 4.69) is 15.9 Å². The molecule has 2 aromatic rings. The summed E-state index contributed by atoms with van der Waals surface area (Å²) in [4.78, 5) is 19.7. The molecular formula is C25H31N3O5S. The van der Waals surface area contributed by atoms with E-state index in [0.717, 1.165) is 49.8 Å². The maximum atomic E-state index is 13.3. The number of piperazine rings is 1. The van der Waals surface area contributed by atoms with Crippen LogP contribution in [0.4, 0.5) is 0 Å². The molecule has 0 spiro atoms. The van der Waals surface area contributed by atoms with Gasteiger partial charge in [-0.25, -0.2) is 8.42 Å². The van der Waals surface area contributed by atoms with Gasteiger partial charge < -0.3 is 14.4 Å². The zero-order valence-corrected chi connectivity index (χ0v) is 20.1. The van der Waals surface area contributed by atoms with E-state index in [1.54, 1.807) is 4.90 Å². The van der Waals surface area contributed by atoms with Gasteiger partial charge in [0.2, 0.25) is 12.7 Å². The summed E-state index contributed by atoms with van der Waals surface area (Å²) in [6.45, 7) is 5.23. The zero-order valence-electron chi connectivity index (χ0n) is 19.3. The lowest BCUT2D eigenvalue weighted by atomic mass is 10.1. The Morgan fingerprint density at radius 1 is 0.941 bits per heavy atom. The standard InChI is InChI=1S/C25H31N3O5S/c29-25(28(16-20-4-2-1-3-5-20)22-8-13-34(30,31)18-22)17-27-11-9-26(10-12-27)15-21-6-7-23-24(14-21)33-19-32-23/h1-7,14,22H,8-13,15-19H2/t22-/m1/s1. The SMILES string of the molecule is O=C(CN1CCN(Cc2ccc3c(c2)OCO3)CC1)N(Cc1ccccc1)[C@@H]1CCS(=O)(=O)C1. The van der Waals surface area contributed by atoms with Gasteiger partial charge in [0.25, 0.3) is 0 Å². The number of amides is 1. The summed E-state index contributed by atoms with van der Waals surface area (Å²) >= 11 is 0. The summed E-state index contributed by atoms with van der Waals surface area (Å²) in [5.74, 6) is 1.83. The Kier molecular flexibility index (Phi) is 6.76. The van der Waals surface area contributed by atoms with Crippen molar-refractivity contribution >= 4 is 15.7 Å². The minimum atomic E-state index is -3.07. The third-order valence-corrected chi connectivity index (χ3v) is 8.58. The van der Waals surface area contributed by atoms with Gasteiger partial charge in [0, 0.05) is 45.3 Å². The first kappa shape index (κ1) is 23.1. The Labute approximate surface area is 201 Å². The van der Waals surface area contributed by atoms with Gasteiger partial charge in [0.05, 0.1) is 18.1 Å². The molecule has 182 valence electrons. The topological polar surface area (TPSA) is 79.4 Å². The molecule has 34 heavy (non-hydrogen) atoms. The van der Waals surface area contributed by atoms with E-state index in [1.807, 2.05) is 42.5 Å². The second-order valence-corrected chi connectivity index (χ2v) is 11.5. The summed E-state index contributed by atoms with van der Waals surface area (Å²) in [6.07, 6.45) is 0.518. The summed E-state index contributed by atoms with van der Waals surface area (Å²) in [5.41, 5.74) is 2.21. The number of benzene rings is 2. The average Bonchev–Trinajstić information content (AvgIpc) is 3.44. The van der Waals surface area contributed by atoms with Crippen LogP contribution in [0.2, 0.25) is 0 Å². The van der Waals surface area contributed by atoms with Crippen molar-refractivity contribution in [2.24, 2.45) is 0 Å². The molecule has 0 saturated carbocycles. The van der Waals surface area contributed by atoms with Crippen LogP contribution in [0.5, 0.6) is 11.5 Å². The zero-order chi connectivity index (χ0) is 23.5. The monoisotopic (exact) mass is 485 g/mol. The van der Waals surface area contributed by atoms with Crippen molar-refractivity contribution < 1.29 is 22.7 Å². The second kappa shape index (κ2) is 9.93. The van der Waals surface area contributed by atoms with Gasteiger partial charge in [-0.1, -0.05) is 36.4 Å². The highest BCUT2D eigenvalue weighted by molar-refractivity contribution is 7.91. The molecule has 2 fully saturated rings. The van der Waals surface area contributed by atoms with Crippen molar-refractivity contribution in [3.8, 4) is 11.5 Å². The highest BCUT2D eigenvalue weighted by Gasteiger charge is 2.35. The van der Waals surface area contributed by atoms with Gasteiger partial charge >= 0.3 is 0 Å². The molecule has 8 nitrogen and oxygen atoms in total. The quantitative estimate of drug-likeness (QED) is 0.591. The number of carbonyl (C=O) groups excluding carboxylic acids is 1. The molecule has 1 amide bonds. The molecular weight excluding hydrogens is 454 g/mol. The van der Waals surface area contributed by atoms with Gasteiger partial charge in [0.15, 0.2) is 21.3 Å². The summed E-state index contributed by atoms with van der Waals surface area (Å²) in [6, 6.07) is 15.6. The fourth-order valence-corrected chi connectivity index (χ4v) is 6.64. The van der Waals surface area contributed by atoms with Gasteiger partial charge in [-0.05, 0) is 29.7 Å². The largest absolute Gasteiger partial charge is 0.454 e. The fourth-order valence-electron chi connectivity index (χ4n) is 4.91. The summed E-state index contributed by atoms with van der Waals surface area (Å²) < 4.78 is 35.0. The second-order valence-electron chi connectivity index (χ2n) is 9.30. The Morgan fingerprint density at radius 2 is 1.68 bits per heavy atom. The van der Waals surface area contributed by atoms with Crippen LogP contribution in [0.15, 0.2) is 48.5 Å². The first-order valence-corrected chi connectivity index (χ1v) is 13.6. The third kappa shape index (κ3) is 5.54. The molecule has 2 aromatic carbocycles.